The fraction of sp³-hybridized carbons (Fsp3) is 0.750. The van der Waals surface area contributed by atoms with Crippen LogP contribution in [-0.4, -0.2) is 60.4 Å². The van der Waals surface area contributed by atoms with Crippen molar-refractivity contribution in [2.24, 2.45) is 0 Å². The summed E-state index contributed by atoms with van der Waals surface area (Å²) in [7, 11) is 4.15. The zero-order valence-corrected chi connectivity index (χ0v) is 11.3. The lowest BCUT2D eigenvalue weighted by atomic mass is 10.4. The maximum absolute atomic E-state index is 4.50. The third-order valence-corrected chi connectivity index (χ3v) is 3.04. The summed E-state index contributed by atoms with van der Waals surface area (Å²) < 4.78 is 0. The van der Waals surface area contributed by atoms with Crippen molar-refractivity contribution < 1.29 is 0 Å². The molecule has 0 amide bonds. The van der Waals surface area contributed by atoms with E-state index in [-0.39, 0.29) is 0 Å². The Bertz CT molecular complexity index is 361. The van der Waals surface area contributed by atoms with Crippen LogP contribution in [0.5, 0.6) is 0 Å². The molecule has 0 aromatic carbocycles. The van der Waals surface area contributed by atoms with Crippen LogP contribution in [0.3, 0.4) is 0 Å². The average molecular weight is 250 g/mol. The minimum Gasteiger partial charge on any atom is -0.355 e. The van der Waals surface area contributed by atoms with E-state index in [1.54, 1.807) is 6.20 Å². The molecule has 0 aliphatic carbocycles. The minimum absolute atomic E-state index is 0.637. The Morgan fingerprint density at radius 3 is 2.83 bits per heavy atom. The molecule has 0 spiro atoms. The summed E-state index contributed by atoms with van der Waals surface area (Å²) in [6.07, 6.45) is 5.31. The highest BCUT2D eigenvalue weighted by molar-refractivity contribution is 5.40. The number of aromatic nitrogens is 3. The van der Waals surface area contributed by atoms with Gasteiger partial charge in [-0.2, -0.15) is 10.1 Å². The van der Waals surface area contributed by atoms with Crippen molar-refractivity contribution in [1.29, 1.82) is 0 Å². The van der Waals surface area contributed by atoms with Crippen LogP contribution < -0.4 is 10.2 Å². The lowest BCUT2D eigenvalue weighted by Crippen LogP contribution is -2.21. The van der Waals surface area contributed by atoms with Crippen molar-refractivity contribution in [2.75, 3.05) is 50.5 Å². The van der Waals surface area contributed by atoms with Gasteiger partial charge < -0.3 is 15.1 Å². The van der Waals surface area contributed by atoms with E-state index in [9.17, 15) is 0 Å². The van der Waals surface area contributed by atoms with Crippen LogP contribution in [-0.2, 0) is 0 Å². The molecule has 0 radical (unpaired) electrons. The molecule has 6 heteroatoms. The Morgan fingerprint density at radius 2 is 2.11 bits per heavy atom. The smallest absolute Gasteiger partial charge is 0.244 e. The van der Waals surface area contributed by atoms with E-state index in [0.717, 1.165) is 38.4 Å². The van der Waals surface area contributed by atoms with Gasteiger partial charge in [-0.3, -0.25) is 0 Å². The van der Waals surface area contributed by atoms with Gasteiger partial charge in [-0.25, -0.2) is 0 Å². The molecule has 1 N–H and O–H groups in total. The first kappa shape index (κ1) is 13.0. The third-order valence-electron chi connectivity index (χ3n) is 3.04. The van der Waals surface area contributed by atoms with Crippen molar-refractivity contribution in [1.82, 2.24) is 20.1 Å². The highest BCUT2D eigenvalue weighted by Crippen LogP contribution is 2.16. The van der Waals surface area contributed by atoms with E-state index < -0.39 is 0 Å². The Kier molecular flexibility index (Phi) is 4.69. The van der Waals surface area contributed by atoms with Gasteiger partial charge in [0, 0.05) is 19.6 Å². The molecule has 0 bridgehead atoms. The van der Waals surface area contributed by atoms with Crippen LogP contribution in [0, 0.1) is 0 Å². The zero-order chi connectivity index (χ0) is 12.8. The van der Waals surface area contributed by atoms with Crippen LogP contribution >= 0.6 is 0 Å². The van der Waals surface area contributed by atoms with Gasteiger partial charge in [0.25, 0.3) is 0 Å². The predicted octanol–water partition coefficient (Wildman–Crippen LogP) is 0.835. The van der Waals surface area contributed by atoms with Crippen LogP contribution in [0.25, 0.3) is 0 Å². The number of rotatable bonds is 6. The highest BCUT2D eigenvalue weighted by atomic mass is 15.3. The molecule has 100 valence electrons. The molecule has 1 saturated heterocycles. The van der Waals surface area contributed by atoms with E-state index in [0.29, 0.717) is 5.95 Å². The standard InChI is InChI=1S/C12H22N6/c1-17(2)7-5-6-13-12-15-11(10-14-16-12)18-8-3-4-9-18/h10H,3-9H2,1-2H3,(H,13,15,16). The summed E-state index contributed by atoms with van der Waals surface area (Å²) in [6, 6.07) is 0. The highest BCUT2D eigenvalue weighted by Gasteiger charge is 2.14. The SMILES string of the molecule is CN(C)CCCNc1nncc(N2CCCC2)n1. The molecular weight excluding hydrogens is 228 g/mol. The van der Waals surface area contributed by atoms with E-state index in [4.69, 9.17) is 0 Å². The van der Waals surface area contributed by atoms with Gasteiger partial charge in [-0.05, 0) is 39.9 Å². The number of anilines is 2. The number of hydrogen-bond donors (Lipinski definition) is 1. The second kappa shape index (κ2) is 6.49. The number of hydrogen-bond acceptors (Lipinski definition) is 6. The van der Waals surface area contributed by atoms with E-state index in [1.807, 2.05) is 0 Å². The largest absolute Gasteiger partial charge is 0.355 e. The average Bonchev–Trinajstić information content (AvgIpc) is 2.89. The van der Waals surface area contributed by atoms with Gasteiger partial charge >= 0.3 is 0 Å². The minimum atomic E-state index is 0.637. The molecule has 1 aromatic heterocycles. The summed E-state index contributed by atoms with van der Waals surface area (Å²) in [5.41, 5.74) is 0. The number of nitrogens with one attached hydrogen (secondary N) is 1. The Hall–Kier alpha value is -1.43. The van der Waals surface area contributed by atoms with Crippen molar-refractivity contribution in [2.45, 2.75) is 19.3 Å². The molecule has 6 nitrogen and oxygen atoms in total. The van der Waals surface area contributed by atoms with E-state index in [1.165, 1.54) is 12.8 Å². The van der Waals surface area contributed by atoms with Crippen LogP contribution in [0.1, 0.15) is 19.3 Å². The first-order valence-electron chi connectivity index (χ1n) is 6.59. The Labute approximate surface area is 108 Å². The molecule has 18 heavy (non-hydrogen) atoms. The Morgan fingerprint density at radius 1 is 1.33 bits per heavy atom. The van der Waals surface area contributed by atoms with Gasteiger partial charge in [0.05, 0.1) is 6.20 Å². The third kappa shape index (κ3) is 3.80. The van der Waals surface area contributed by atoms with Crippen molar-refractivity contribution in [3.05, 3.63) is 6.20 Å². The van der Waals surface area contributed by atoms with Crippen LogP contribution in [0.15, 0.2) is 6.20 Å². The maximum Gasteiger partial charge on any atom is 0.244 e. The number of nitrogens with zero attached hydrogens (tertiary/aromatic N) is 5. The molecule has 1 fully saturated rings. The normalized spacial score (nSPS) is 15.4. The Balaban J connectivity index is 1.83. The topological polar surface area (TPSA) is 57.2 Å². The lowest BCUT2D eigenvalue weighted by Gasteiger charge is -2.16. The summed E-state index contributed by atoms with van der Waals surface area (Å²) in [6.45, 7) is 4.10. The fourth-order valence-corrected chi connectivity index (χ4v) is 2.06. The van der Waals surface area contributed by atoms with Crippen LogP contribution in [0.4, 0.5) is 11.8 Å². The summed E-state index contributed by atoms with van der Waals surface area (Å²) in [5, 5.41) is 11.3. The van der Waals surface area contributed by atoms with Gasteiger partial charge in [-0.1, -0.05) is 0 Å². The summed E-state index contributed by atoms with van der Waals surface area (Å²) in [5.74, 6) is 1.58. The van der Waals surface area contributed by atoms with Crippen molar-refractivity contribution in [3.8, 4) is 0 Å². The summed E-state index contributed by atoms with van der Waals surface area (Å²) >= 11 is 0. The van der Waals surface area contributed by atoms with Crippen LogP contribution in [0.2, 0.25) is 0 Å². The maximum atomic E-state index is 4.50. The molecule has 0 saturated carbocycles. The monoisotopic (exact) mass is 250 g/mol. The molecule has 1 aliphatic rings. The molecule has 0 atom stereocenters. The first-order valence-corrected chi connectivity index (χ1v) is 6.59. The molecule has 2 rings (SSSR count). The van der Waals surface area contributed by atoms with Crippen molar-refractivity contribution in [3.63, 3.8) is 0 Å². The van der Waals surface area contributed by atoms with Gasteiger partial charge in [0.1, 0.15) is 0 Å². The first-order chi connectivity index (χ1) is 8.75. The fourth-order valence-electron chi connectivity index (χ4n) is 2.06. The van der Waals surface area contributed by atoms with Gasteiger partial charge in [0.15, 0.2) is 5.82 Å². The zero-order valence-electron chi connectivity index (χ0n) is 11.3. The summed E-state index contributed by atoms with van der Waals surface area (Å²) in [4.78, 5) is 8.93. The second-order valence-electron chi connectivity index (χ2n) is 4.92. The molecular formula is C12H22N6. The molecule has 1 aromatic rings. The lowest BCUT2D eigenvalue weighted by molar-refractivity contribution is 0.405. The second-order valence-corrected chi connectivity index (χ2v) is 4.92. The molecule has 0 unspecified atom stereocenters. The van der Waals surface area contributed by atoms with E-state index >= 15 is 0 Å². The molecule has 2 heterocycles. The van der Waals surface area contributed by atoms with E-state index in [2.05, 4.69) is 44.4 Å². The quantitative estimate of drug-likeness (QED) is 0.755. The molecule has 1 aliphatic heterocycles. The predicted molar refractivity (Wildman–Crippen MR) is 72.9 cm³/mol. The van der Waals surface area contributed by atoms with Gasteiger partial charge in [0.2, 0.25) is 5.95 Å². The van der Waals surface area contributed by atoms with Gasteiger partial charge in [-0.15, -0.1) is 5.10 Å². The van der Waals surface area contributed by atoms with Crippen molar-refractivity contribution >= 4 is 11.8 Å².